The van der Waals surface area contributed by atoms with Crippen LogP contribution in [0.25, 0.3) is 10.6 Å². The minimum atomic E-state index is -0.109. The van der Waals surface area contributed by atoms with Gasteiger partial charge in [-0.05, 0) is 24.6 Å². The number of amides is 1. The number of benzene rings is 2. The highest BCUT2D eigenvalue weighted by atomic mass is 32.1. The Morgan fingerprint density at radius 3 is 2.67 bits per heavy atom. The third kappa shape index (κ3) is 4.55. The predicted molar refractivity (Wildman–Crippen MR) is 110 cm³/mol. The highest BCUT2D eigenvalue weighted by molar-refractivity contribution is 7.18. The lowest BCUT2D eigenvalue weighted by Crippen LogP contribution is -2.31. The van der Waals surface area contributed by atoms with Crippen LogP contribution in [0.4, 0.5) is 5.13 Å². The Morgan fingerprint density at radius 2 is 1.96 bits per heavy atom. The van der Waals surface area contributed by atoms with E-state index in [0.717, 1.165) is 23.4 Å². The molecule has 0 fully saturated rings. The van der Waals surface area contributed by atoms with Crippen molar-refractivity contribution in [2.45, 2.75) is 19.8 Å². The molecule has 0 saturated heterocycles. The number of aromatic nitrogens is 2. The average molecular weight is 377 g/mol. The number of ether oxygens (including phenoxy) is 1. The first-order chi connectivity index (χ1) is 13.1. The molecule has 1 amide bonds. The van der Waals surface area contributed by atoms with Crippen molar-refractivity contribution in [3.63, 3.8) is 0 Å². The van der Waals surface area contributed by atoms with Gasteiger partial charge in [0.2, 0.25) is 5.13 Å². The third-order valence-corrected chi connectivity index (χ3v) is 5.10. The largest absolute Gasteiger partial charge is 0.497 e. The summed E-state index contributed by atoms with van der Waals surface area (Å²) in [6.45, 7) is 2.68. The standard InChI is InChI=1S/C20H20BN3O2S/c1-3-4-12-24(19(25)15-6-5-7-17(13-15)26-2)20-23-22-18(27-20)14-8-10-16(21)11-9-14/h5-11,13H,3-4,12H2,1-2H3. The number of rotatable bonds is 7. The van der Waals surface area contributed by atoms with Crippen molar-refractivity contribution in [3.05, 3.63) is 54.1 Å². The van der Waals surface area contributed by atoms with E-state index >= 15 is 0 Å². The van der Waals surface area contributed by atoms with E-state index in [1.165, 1.54) is 11.3 Å². The van der Waals surface area contributed by atoms with E-state index in [0.29, 0.717) is 28.5 Å². The summed E-state index contributed by atoms with van der Waals surface area (Å²) in [6, 6.07) is 14.6. The maximum atomic E-state index is 13.1. The summed E-state index contributed by atoms with van der Waals surface area (Å²) in [7, 11) is 7.33. The smallest absolute Gasteiger partial charge is 0.260 e. The number of unbranched alkanes of at least 4 members (excludes halogenated alkanes) is 1. The fourth-order valence-electron chi connectivity index (χ4n) is 2.58. The lowest BCUT2D eigenvalue weighted by Gasteiger charge is -2.19. The molecule has 0 aliphatic carbocycles. The molecule has 0 unspecified atom stereocenters. The summed E-state index contributed by atoms with van der Waals surface area (Å²) < 4.78 is 5.24. The third-order valence-electron chi connectivity index (χ3n) is 4.10. The first kappa shape index (κ1) is 19.1. The summed E-state index contributed by atoms with van der Waals surface area (Å²) in [4.78, 5) is 14.8. The van der Waals surface area contributed by atoms with E-state index in [4.69, 9.17) is 12.6 Å². The van der Waals surface area contributed by atoms with Crippen LogP contribution in [0.2, 0.25) is 0 Å². The Balaban J connectivity index is 1.90. The maximum absolute atomic E-state index is 13.1. The molecule has 0 atom stereocenters. The van der Waals surface area contributed by atoms with Crippen LogP contribution >= 0.6 is 11.3 Å². The molecule has 27 heavy (non-hydrogen) atoms. The van der Waals surface area contributed by atoms with Crippen LogP contribution in [0.1, 0.15) is 30.1 Å². The molecule has 0 saturated carbocycles. The van der Waals surface area contributed by atoms with Crippen LogP contribution in [0.5, 0.6) is 5.75 Å². The number of anilines is 1. The first-order valence-corrected chi connectivity index (χ1v) is 9.59. The number of carbonyl (C=O) groups is 1. The van der Waals surface area contributed by atoms with Gasteiger partial charge in [-0.25, -0.2) is 0 Å². The summed E-state index contributed by atoms with van der Waals surface area (Å²) >= 11 is 1.39. The molecule has 0 aliphatic rings. The SMILES string of the molecule is [B]c1ccc(-c2nnc(N(CCCC)C(=O)c3cccc(OC)c3)s2)cc1. The number of nitrogens with zero attached hydrogens (tertiary/aromatic N) is 3. The summed E-state index contributed by atoms with van der Waals surface area (Å²) in [6.07, 6.45) is 1.86. The molecule has 2 radical (unpaired) electrons. The second kappa shape index (κ2) is 8.82. The van der Waals surface area contributed by atoms with Gasteiger partial charge in [0.1, 0.15) is 18.6 Å². The molecule has 0 spiro atoms. The minimum Gasteiger partial charge on any atom is -0.497 e. The van der Waals surface area contributed by atoms with Gasteiger partial charge in [0, 0.05) is 17.7 Å². The second-order valence-electron chi connectivity index (χ2n) is 6.05. The molecule has 136 valence electrons. The number of hydrogen-bond acceptors (Lipinski definition) is 5. The summed E-state index contributed by atoms with van der Waals surface area (Å²) in [5, 5.41) is 9.87. The molecular weight excluding hydrogens is 357 g/mol. The fraction of sp³-hybridized carbons (Fsp3) is 0.250. The molecule has 1 heterocycles. The number of carbonyl (C=O) groups excluding carboxylic acids is 1. The van der Waals surface area contributed by atoms with E-state index < -0.39 is 0 Å². The fourth-order valence-corrected chi connectivity index (χ4v) is 3.45. The van der Waals surface area contributed by atoms with E-state index in [9.17, 15) is 4.79 Å². The van der Waals surface area contributed by atoms with Crippen molar-refractivity contribution >= 4 is 35.7 Å². The average Bonchev–Trinajstić information content (AvgIpc) is 3.18. The molecule has 7 heteroatoms. The first-order valence-electron chi connectivity index (χ1n) is 8.77. The maximum Gasteiger partial charge on any atom is 0.260 e. The Morgan fingerprint density at radius 1 is 1.19 bits per heavy atom. The highest BCUT2D eigenvalue weighted by Gasteiger charge is 2.22. The molecule has 5 nitrogen and oxygen atoms in total. The van der Waals surface area contributed by atoms with Gasteiger partial charge < -0.3 is 4.74 Å². The van der Waals surface area contributed by atoms with Gasteiger partial charge in [-0.2, -0.15) is 0 Å². The summed E-state index contributed by atoms with van der Waals surface area (Å²) in [5.41, 5.74) is 2.19. The topological polar surface area (TPSA) is 55.3 Å². The van der Waals surface area contributed by atoms with Crippen molar-refractivity contribution in [1.29, 1.82) is 0 Å². The quantitative estimate of drug-likeness (QED) is 0.592. The van der Waals surface area contributed by atoms with Gasteiger partial charge in [-0.1, -0.05) is 60.5 Å². The second-order valence-corrected chi connectivity index (χ2v) is 7.01. The van der Waals surface area contributed by atoms with Gasteiger partial charge in [0.05, 0.1) is 7.11 Å². The summed E-state index contributed by atoms with van der Waals surface area (Å²) in [5.74, 6) is 0.540. The van der Waals surface area contributed by atoms with Crippen LogP contribution in [0, 0.1) is 0 Å². The lowest BCUT2D eigenvalue weighted by atomic mass is 9.95. The van der Waals surface area contributed by atoms with Gasteiger partial charge in [0.25, 0.3) is 5.91 Å². The normalized spacial score (nSPS) is 10.6. The zero-order chi connectivity index (χ0) is 19.2. The van der Waals surface area contributed by atoms with Gasteiger partial charge in [-0.3, -0.25) is 9.69 Å². The highest BCUT2D eigenvalue weighted by Crippen LogP contribution is 2.29. The molecule has 0 bridgehead atoms. The van der Waals surface area contributed by atoms with Gasteiger partial charge in [-0.15, -0.1) is 10.2 Å². The molecule has 0 N–H and O–H groups in total. The van der Waals surface area contributed by atoms with E-state index in [1.807, 2.05) is 36.4 Å². The Labute approximate surface area is 164 Å². The zero-order valence-corrected chi connectivity index (χ0v) is 16.2. The van der Waals surface area contributed by atoms with Crippen LogP contribution < -0.4 is 15.1 Å². The molecule has 3 aromatic rings. The molecule has 2 aromatic carbocycles. The van der Waals surface area contributed by atoms with Crippen LogP contribution in [-0.4, -0.2) is 37.6 Å². The molecule has 1 aromatic heterocycles. The Kier molecular flexibility index (Phi) is 6.24. The number of methoxy groups -OCH3 is 1. The van der Waals surface area contributed by atoms with Crippen LogP contribution in [0.15, 0.2) is 48.5 Å². The Bertz CT molecular complexity index is 912. The zero-order valence-electron chi connectivity index (χ0n) is 15.4. The van der Waals surface area contributed by atoms with Crippen molar-refractivity contribution in [3.8, 4) is 16.3 Å². The van der Waals surface area contributed by atoms with E-state index in [1.54, 1.807) is 24.1 Å². The van der Waals surface area contributed by atoms with Gasteiger partial charge >= 0.3 is 0 Å². The predicted octanol–water partition coefficient (Wildman–Crippen LogP) is 3.45. The van der Waals surface area contributed by atoms with Crippen LogP contribution in [-0.2, 0) is 0 Å². The lowest BCUT2D eigenvalue weighted by molar-refractivity contribution is 0.0986. The monoisotopic (exact) mass is 377 g/mol. The van der Waals surface area contributed by atoms with Crippen molar-refractivity contribution in [2.24, 2.45) is 0 Å². The van der Waals surface area contributed by atoms with E-state index in [2.05, 4.69) is 17.1 Å². The van der Waals surface area contributed by atoms with Crippen molar-refractivity contribution in [1.82, 2.24) is 10.2 Å². The number of hydrogen-bond donors (Lipinski definition) is 0. The molecular formula is C20H20BN3O2S. The minimum absolute atomic E-state index is 0.109. The van der Waals surface area contributed by atoms with Crippen molar-refractivity contribution < 1.29 is 9.53 Å². The van der Waals surface area contributed by atoms with Crippen molar-refractivity contribution in [2.75, 3.05) is 18.6 Å². The van der Waals surface area contributed by atoms with E-state index in [-0.39, 0.29) is 5.91 Å². The van der Waals surface area contributed by atoms with Crippen LogP contribution in [0.3, 0.4) is 0 Å². The molecule has 3 rings (SSSR count). The van der Waals surface area contributed by atoms with Gasteiger partial charge in [0.15, 0.2) is 0 Å². The molecule has 0 aliphatic heterocycles. The Hall–Kier alpha value is -2.67.